The van der Waals surface area contributed by atoms with Gasteiger partial charge in [-0.1, -0.05) is 42.8 Å². The van der Waals surface area contributed by atoms with Crippen LogP contribution >= 0.6 is 23.2 Å². The van der Waals surface area contributed by atoms with Gasteiger partial charge in [-0.3, -0.25) is 28.5 Å². The predicted molar refractivity (Wildman–Crippen MR) is 280 cm³/mol. The third kappa shape index (κ3) is 10.5. The monoisotopic (exact) mass is 1090 g/mol. The van der Waals surface area contributed by atoms with Crippen LogP contribution in [0.4, 0.5) is 8.78 Å². The Morgan fingerprint density at radius 3 is 1.76 bits per heavy atom. The van der Waals surface area contributed by atoms with Gasteiger partial charge < -0.3 is 34.7 Å². The fourth-order valence-electron chi connectivity index (χ4n) is 8.82. The van der Waals surface area contributed by atoms with Gasteiger partial charge in [0, 0.05) is 77.4 Å². The molecule has 3 N–H and O–H groups in total. The SMILES string of the molecule is C[C@@H](NC(=O)c1c[nH]c2ncc(-c3nn(C)c4cc(Cl)cc(F)c34)nc12)C(=O)N1CC(C#N)C1.C[C@@H](NC(=O)c1cn(COCC[Si](C)(C)C)c2ncc(-c3nn(C)c4cc(Cl)cc(F)c34)nc12)C(=O)N1CC(C#N)C1. The van der Waals surface area contributed by atoms with E-state index >= 15 is 4.39 Å². The maximum absolute atomic E-state index is 15.0. The van der Waals surface area contributed by atoms with Gasteiger partial charge in [0.05, 0.1) is 69.3 Å². The number of H-pyrrole nitrogens is 1. The van der Waals surface area contributed by atoms with E-state index in [1.807, 2.05) is 0 Å². The minimum atomic E-state index is -1.31. The number of fused-ring (bicyclic) bond motifs is 4. The first kappa shape index (κ1) is 52.9. The van der Waals surface area contributed by atoms with Crippen molar-refractivity contribution >= 4 is 99.0 Å². The second kappa shape index (κ2) is 21.0. The first-order valence-corrected chi connectivity index (χ1v) is 28.5. The van der Waals surface area contributed by atoms with Crippen LogP contribution in [-0.4, -0.2) is 135 Å². The molecule has 0 unspecified atom stereocenters. The van der Waals surface area contributed by atoms with Crippen molar-refractivity contribution in [1.82, 2.24) is 69.5 Å². The summed E-state index contributed by atoms with van der Waals surface area (Å²) in [5.41, 5.74) is 3.71. The normalized spacial score (nSPS) is 14.7. The Labute approximate surface area is 443 Å². The summed E-state index contributed by atoms with van der Waals surface area (Å²) < 4.78 is 40.4. The quantitative estimate of drug-likeness (QED) is 0.0813. The Balaban J connectivity index is 0.000000190. The van der Waals surface area contributed by atoms with Crippen molar-refractivity contribution in [1.29, 1.82) is 10.5 Å². The zero-order valence-corrected chi connectivity index (χ0v) is 44.8. The van der Waals surface area contributed by atoms with E-state index in [1.165, 1.54) is 45.0 Å². The standard InChI is InChI=1S/C28H32ClFN8O3Si.C22H18ClFN8O2/c1-16(28(40)37-12-17(10-31)13-37)33-27(39)19-14-38(15-41-6-7-42(3,4)5)26-24(19)34-21(11-32-26)25-23-20(30)8-18(29)9-22(23)36(2)35-25;1-10(22(34)32-8-11(5-25)9-32)28-21(33)13-6-26-20-18(13)29-15(7-27-20)19-17-14(24)3-12(23)4-16(17)31(2)30-19/h8-9,11,14,16-17H,6-7,12-13,15H2,1-5H3,(H,33,39);3-4,6-7,10-11H,8-9H2,1-2H3,(H,26,27)(H,28,33)/t16-;10-/m11/s1. The van der Waals surface area contributed by atoms with E-state index in [1.54, 1.807) is 55.7 Å². The molecule has 8 heterocycles. The topological polar surface area (TPSA) is 264 Å². The minimum Gasteiger partial charge on any atom is -0.361 e. The average molecular weight is 1090 g/mol. The summed E-state index contributed by atoms with van der Waals surface area (Å²) in [4.78, 5) is 75.8. The Morgan fingerprint density at radius 1 is 0.776 bits per heavy atom. The summed E-state index contributed by atoms with van der Waals surface area (Å²) in [5.74, 6) is -3.02. The molecule has 6 aromatic heterocycles. The smallest absolute Gasteiger partial charge is 0.255 e. The maximum Gasteiger partial charge on any atom is 0.255 e. The van der Waals surface area contributed by atoms with Crippen LogP contribution in [0.2, 0.25) is 35.7 Å². The molecule has 2 aliphatic heterocycles. The van der Waals surface area contributed by atoms with Crippen molar-refractivity contribution in [3.05, 3.63) is 81.9 Å². The molecule has 0 saturated carbocycles. The molecule has 4 amide bonds. The van der Waals surface area contributed by atoms with Gasteiger partial charge in [0.25, 0.3) is 11.8 Å². The number of carbonyl (C=O) groups excluding carboxylic acids is 4. The van der Waals surface area contributed by atoms with Crippen LogP contribution in [0, 0.1) is 46.1 Å². The van der Waals surface area contributed by atoms with Crippen molar-refractivity contribution in [2.45, 2.75) is 58.3 Å². The number of hydrogen-bond acceptors (Lipinski definition) is 13. The van der Waals surface area contributed by atoms with Crippen molar-refractivity contribution < 1.29 is 32.7 Å². The molecule has 2 aromatic carbocycles. The highest BCUT2D eigenvalue weighted by Gasteiger charge is 2.35. The van der Waals surface area contributed by atoms with Gasteiger partial charge >= 0.3 is 0 Å². The van der Waals surface area contributed by atoms with Gasteiger partial charge in [-0.2, -0.15) is 20.7 Å². The number of hydrogen-bond donors (Lipinski definition) is 3. The lowest BCUT2D eigenvalue weighted by molar-refractivity contribution is -0.138. The molecule has 21 nitrogen and oxygen atoms in total. The summed E-state index contributed by atoms with van der Waals surface area (Å²) in [6.07, 6.45) is 5.98. The molecule has 2 atom stereocenters. The van der Waals surface area contributed by atoms with Crippen LogP contribution in [-0.2, 0) is 35.2 Å². The fraction of sp³-hybridized carbons (Fsp3) is 0.360. The molecule has 0 radical (unpaired) electrons. The van der Waals surface area contributed by atoms with Crippen molar-refractivity contribution in [2.75, 3.05) is 32.8 Å². The highest BCUT2D eigenvalue weighted by Crippen LogP contribution is 2.34. The van der Waals surface area contributed by atoms with E-state index in [0.717, 1.165) is 6.04 Å². The molecular formula is C50H50Cl2F2N16O5Si. The number of carbonyl (C=O) groups is 4. The van der Waals surface area contributed by atoms with E-state index < -0.39 is 43.6 Å². The van der Waals surface area contributed by atoms with Gasteiger partial charge in [0.15, 0.2) is 11.3 Å². The Kier molecular flexibility index (Phi) is 14.6. The summed E-state index contributed by atoms with van der Waals surface area (Å²) >= 11 is 12.1. The van der Waals surface area contributed by atoms with Crippen LogP contribution in [0.5, 0.6) is 0 Å². The van der Waals surface area contributed by atoms with Crippen LogP contribution in [0.3, 0.4) is 0 Å². The predicted octanol–water partition coefficient (Wildman–Crippen LogP) is 6.59. The van der Waals surface area contributed by atoms with E-state index in [0.29, 0.717) is 55.1 Å². The first-order chi connectivity index (χ1) is 36.1. The average Bonchev–Trinajstić information content (AvgIpc) is 4.11. The second-order valence-electron chi connectivity index (χ2n) is 20.0. The molecule has 10 rings (SSSR count). The summed E-state index contributed by atoms with van der Waals surface area (Å²) in [5, 5.41) is 33.1. The lowest BCUT2D eigenvalue weighted by atomic mass is 10.0. The zero-order chi connectivity index (χ0) is 54.5. The highest BCUT2D eigenvalue weighted by molar-refractivity contribution is 6.76. The van der Waals surface area contributed by atoms with Gasteiger partial charge in [0.1, 0.15) is 64.3 Å². The number of nitrogens with one attached hydrogen (secondary N) is 3. The molecule has 76 heavy (non-hydrogen) atoms. The lowest BCUT2D eigenvalue weighted by Crippen LogP contribution is -2.55. The van der Waals surface area contributed by atoms with Gasteiger partial charge in [-0.25, -0.2) is 28.7 Å². The number of aromatic amines is 1. The van der Waals surface area contributed by atoms with E-state index in [-0.39, 0.29) is 96.1 Å². The van der Waals surface area contributed by atoms with Crippen LogP contribution in [0.25, 0.3) is 66.9 Å². The van der Waals surface area contributed by atoms with Crippen molar-refractivity contribution in [3.8, 4) is 34.9 Å². The molecular weight excluding hydrogens is 1040 g/mol. The number of ether oxygens (including phenoxy) is 1. The number of nitrogens with zero attached hydrogens (tertiary/aromatic N) is 13. The number of halogens is 4. The van der Waals surface area contributed by atoms with Gasteiger partial charge in [-0.15, -0.1) is 0 Å². The van der Waals surface area contributed by atoms with Gasteiger partial charge in [-0.05, 0) is 44.2 Å². The van der Waals surface area contributed by atoms with E-state index in [9.17, 15) is 23.6 Å². The number of aryl methyl sites for hydroxylation is 2. The Hall–Kier alpha value is -7.90. The van der Waals surface area contributed by atoms with Crippen LogP contribution in [0.15, 0.2) is 49.1 Å². The Morgan fingerprint density at radius 2 is 1.26 bits per heavy atom. The largest absolute Gasteiger partial charge is 0.361 e. The number of benzene rings is 2. The van der Waals surface area contributed by atoms with E-state index in [2.05, 4.69) is 72.5 Å². The number of amides is 4. The molecule has 392 valence electrons. The summed E-state index contributed by atoms with van der Waals surface area (Å²) in [7, 11) is 2.03. The molecule has 0 aliphatic carbocycles. The maximum atomic E-state index is 15.0. The third-order valence-electron chi connectivity index (χ3n) is 13.1. The number of likely N-dealkylation sites (tertiary alicyclic amines) is 2. The van der Waals surface area contributed by atoms with Crippen molar-refractivity contribution in [2.24, 2.45) is 25.9 Å². The lowest BCUT2D eigenvalue weighted by Gasteiger charge is -2.37. The second-order valence-corrected chi connectivity index (χ2v) is 26.5. The summed E-state index contributed by atoms with van der Waals surface area (Å²) in [6, 6.07) is 9.24. The van der Waals surface area contributed by atoms with Crippen molar-refractivity contribution in [3.63, 3.8) is 0 Å². The number of rotatable bonds is 13. The number of nitriles is 2. The molecule has 8 aromatic rings. The minimum absolute atomic E-state index is 0.153. The van der Waals surface area contributed by atoms with E-state index in [4.69, 9.17) is 43.4 Å². The molecule has 26 heteroatoms. The molecule has 0 bridgehead atoms. The Bertz CT molecular complexity index is 3730. The van der Waals surface area contributed by atoms with Crippen LogP contribution < -0.4 is 10.6 Å². The highest BCUT2D eigenvalue weighted by atomic mass is 35.5. The first-order valence-electron chi connectivity index (χ1n) is 24.0. The summed E-state index contributed by atoms with van der Waals surface area (Å²) in [6.45, 7) is 12.1. The fourth-order valence-corrected chi connectivity index (χ4v) is 9.97. The molecule has 0 spiro atoms. The zero-order valence-electron chi connectivity index (χ0n) is 42.2. The molecule has 2 aliphatic rings. The molecule has 2 saturated heterocycles. The number of aromatic nitrogens is 10. The van der Waals surface area contributed by atoms with Crippen LogP contribution in [0.1, 0.15) is 34.6 Å². The third-order valence-corrected chi connectivity index (χ3v) is 15.2. The molecule has 2 fully saturated rings. The van der Waals surface area contributed by atoms with Gasteiger partial charge in [0.2, 0.25) is 11.8 Å².